The second kappa shape index (κ2) is 6.84. The Hall–Kier alpha value is -2.05. The van der Waals surface area contributed by atoms with Gasteiger partial charge < -0.3 is 9.31 Å². The quantitative estimate of drug-likeness (QED) is 0.500. The topological polar surface area (TPSA) is 18.5 Å². The lowest BCUT2D eigenvalue weighted by Crippen LogP contribution is -2.41. The molecular weight excluding hydrogens is 352 g/mol. The Balaban J connectivity index is 2.28. The molecule has 0 N–H and O–H groups in total. The second-order valence-corrected chi connectivity index (χ2v) is 7.61. The van der Waals surface area contributed by atoms with E-state index in [9.17, 15) is 13.2 Å². The summed E-state index contributed by atoms with van der Waals surface area (Å²) in [6.07, 6.45) is -4.57. The summed E-state index contributed by atoms with van der Waals surface area (Å²) in [5.74, 6) is 0. The first kappa shape index (κ1) is 19.7. The second-order valence-electron chi connectivity index (χ2n) is 7.61. The van der Waals surface area contributed by atoms with Crippen molar-refractivity contribution in [2.24, 2.45) is 0 Å². The molecule has 1 heterocycles. The van der Waals surface area contributed by atoms with Gasteiger partial charge in [0.1, 0.15) is 0 Å². The summed E-state index contributed by atoms with van der Waals surface area (Å²) >= 11 is 0. The molecule has 2 nitrogen and oxygen atoms in total. The van der Waals surface area contributed by atoms with Crippen LogP contribution in [0, 0.1) is 0 Å². The van der Waals surface area contributed by atoms with Crippen LogP contribution in [0.2, 0.25) is 0 Å². The average molecular weight is 374 g/mol. The van der Waals surface area contributed by atoms with E-state index in [1.807, 2.05) is 27.7 Å². The highest BCUT2D eigenvalue weighted by Gasteiger charge is 2.54. The van der Waals surface area contributed by atoms with Crippen molar-refractivity contribution in [3.63, 3.8) is 0 Å². The molecule has 6 heteroatoms. The fraction of sp³-hybridized carbons (Fsp3) is 0.333. The van der Waals surface area contributed by atoms with Gasteiger partial charge >= 0.3 is 13.3 Å². The Morgan fingerprint density at radius 1 is 0.741 bits per heavy atom. The third kappa shape index (κ3) is 3.82. The van der Waals surface area contributed by atoms with Crippen LogP contribution in [0.25, 0.3) is 11.0 Å². The van der Waals surface area contributed by atoms with Crippen LogP contribution in [0.3, 0.4) is 0 Å². The molecule has 0 saturated carbocycles. The van der Waals surface area contributed by atoms with Gasteiger partial charge in [0.15, 0.2) is 0 Å². The number of allylic oxidation sites excluding steroid dienone is 1. The maximum atomic E-state index is 14.2. The van der Waals surface area contributed by atoms with Crippen LogP contribution in [0.1, 0.15) is 38.8 Å². The van der Waals surface area contributed by atoms with Crippen LogP contribution >= 0.6 is 0 Å². The largest absolute Gasteiger partial charge is 0.496 e. The number of hydrogen-bond donors (Lipinski definition) is 0. The lowest BCUT2D eigenvalue weighted by atomic mass is 9.70. The Morgan fingerprint density at radius 2 is 1.15 bits per heavy atom. The minimum absolute atomic E-state index is 0.00653. The van der Waals surface area contributed by atoms with Crippen LogP contribution in [0.4, 0.5) is 13.2 Å². The van der Waals surface area contributed by atoms with Crippen molar-refractivity contribution in [2.45, 2.75) is 45.1 Å². The van der Waals surface area contributed by atoms with Crippen molar-refractivity contribution in [3.8, 4) is 0 Å². The minimum Gasteiger partial charge on any atom is -0.399 e. The van der Waals surface area contributed by atoms with Crippen LogP contribution < -0.4 is 0 Å². The van der Waals surface area contributed by atoms with E-state index in [2.05, 4.69) is 0 Å². The molecule has 1 aliphatic heterocycles. The highest BCUT2D eigenvalue weighted by atomic mass is 19.4. The molecule has 0 aromatic heterocycles. The summed E-state index contributed by atoms with van der Waals surface area (Å²) in [6.45, 7) is 7.30. The van der Waals surface area contributed by atoms with Gasteiger partial charge in [0.05, 0.1) is 16.8 Å². The van der Waals surface area contributed by atoms with Crippen molar-refractivity contribution in [3.05, 3.63) is 71.8 Å². The molecule has 3 rings (SSSR count). The third-order valence-corrected chi connectivity index (χ3v) is 5.19. The van der Waals surface area contributed by atoms with Crippen LogP contribution in [-0.2, 0) is 9.31 Å². The summed E-state index contributed by atoms with van der Waals surface area (Å²) < 4.78 is 54.6. The molecule has 0 spiro atoms. The average Bonchev–Trinajstić information content (AvgIpc) is 2.80. The Labute approximate surface area is 158 Å². The molecule has 1 aliphatic rings. The lowest BCUT2D eigenvalue weighted by molar-refractivity contribution is -0.0685. The molecule has 1 saturated heterocycles. The predicted octanol–water partition coefficient (Wildman–Crippen LogP) is 5.79. The smallest absolute Gasteiger partial charge is 0.399 e. The minimum atomic E-state index is -4.57. The van der Waals surface area contributed by atoms with Gasteiger partial charge in [-0.1, -0.05) is 60.7 Å². The summed E-state index contributed by atoms with van der Waals surface area (Å²) in [6, 6.07) is 16.3. The van der Waals surface area contributed by atoms with Crippen molar-refractivity contribution >= 4 is 18.2 Å². The van der Waals surface area contributed by atoms with Gasteiger partial charge in [-0.15, -0.1) is 0 Å². The van der Waals surface area contributed by atoms with Gasteiger partial charge in [-0.2, -0.15) is 13.2 Å². The zero-order valence-corrected chi connectivity index (χ0v) is 15.8. The molecule has 0 radical (unpaired) electrons. The third-order valence-electron chi connectivity index (χ3n) is 5.19. The van der Waals surface area contributed by atoms with Crippen LogP contribution in [0.15, 0.2) is 60.7 Å². The van der Waals surface area contributed by atoms with Crippen LogP contribution in [-0.4, -0.2) is 24.5 Å². The monoisotopic (exact) mass is 374 g/mol. The molecule has 0 bridgehead atoms. The first-order valence-electron chi connectivity index (χ1n) is 8.81. The summed E-state index contributed by atoms with van der Waals surface area (Å²) in [5.41, 5.74) is -1.73. The fourth-order valence-electron chi connectivity index (χ4n) is 3.05. The Kier molecular flexibility index (Phi) is 4.99. The number of hydrogen-bond acceptors (Lipinski definition) is 2. The van der Waals surface area contributed by atoms with Crippen molar-refractivity contribution in [1.82, 2.24) is 0 Å². The summed E-state index contributed by atoms with van der Waals surface area (Å²) in [7, 11) is -1.13. The SMILES string of the molecule is CC1(C)OB(/C(=C(/c2ccccc2)C(F)(F)F)c2ccccc2)OC1(C)C. The van der Waals surface area contributed by atoms with Gasteiger partial charge in [0, 0.05) is 5.47 Å². The standard InChI is InChI=1S/C21H22BF3O2/c1-19(2)20(3,4)27-22(26-19)18(16-13-9-6-10-14-16)17(21(23,24)25)15-11-7-5-8-12-15/h5-14H,1-4H3/b18-17-. The first-order chi connectivity index (χ1) is 12.5. The predicted molar refractivity (Wildman–Crippen MR) is 102 cm³/mol. The van der Waals surface area contributed by atoms with E-state index in [0.717, 1.165) is 0 Å². The van der Waals surface area contributed by atoms with Gasteiger partial charge in [-0.3, -0.25) is 0 Å². The Bertz CT molecular complexity index is 812. The van der Waals surface area contributed by atoms with Crippen molar-refractivity contribution in [2.75, 3.05) is 0 Å². The lowest BCUT2D eigenvalue weighted by Gasteiger charge is -2.32. The zero-order chi connectivity index (χ0) is 19.9. The molecule has 0 aliphatic carbocycles. The van der Waals surface area contributed by atoms with E-state index >= 15 is 0 Å². The molecule has 142 valence electrons. The number of alkyl halides is 3. The van der Waals surface area contributed by atoms with E-state index in [1.165, 1.54) is 12.1 Å². The van der Waals surface area contributed by atoms with Gasteiger partial charge in [-0.05, 0) is 38.8 Å². The Morgan fingerprint density at radius 3 is 1.56 bits per heavy atom. The normalized spacial score (nSPS) is 19.7. The highest BCUT2D eigenvalue weighted by molar-refractivity contribution is 6.71. The van der Waals surface area contributed by atoms with Crippen molar-refractivity contribution in [1.29, 1.82) is 0 Å². The molecule has 0 atom stereocenters. The maximum absolute atomic E-state index is 14.2. The van der Waals surface area contributed by atoms with E-state index in [-0.39, 0.29) is 11.0 Å². The van der Waals surface area contributed by atoms with Crippen LogP contribution in [0.5, 0.6) is 0 Å². The van der Waals surface area contributed by atoms with E-state index in [1.54, 1.807) is 48.5 Å². The van der Waals surface area contributed by atoms with Gasteiger partial charge in [-0.25, -0.2) is 0 Å². The molecule has 27 heavy (non-hydrogen) atoms. The first-order valence-corrected chi connectivity index (χ1v) is 8.81. The molecule has 2 aromatic carbocycles. The maximum Gasteiger partial charge on any atom is 0.496 e. The fourth-order valence-corrected chi connectivity index (χ4v) is 3.05. The summed E-state index contributed by atoms with van der Waals surface area (Å²) in [4.78, 5) is 0. The number of benzene rings is 2. The summed E-state index contributed by atoms with van der Waals surface area (Å²) in [5, 5.41) is 0. The zero-order valence-electron chi connectivity index (χ0n) is 15.8. The highest BCUT2D eigenvalue weighted by Crippen LogP contribution is 2.46. The number of halogens is 3. The molecule has 2 aromatic rings. The molecule has 0 unspecified atom stereocenters. The molecule has 0 amide bonds. The molecule has 1 fully saturated rings. The van der Waals surface area contributed by atoms with E-state index in [4.69, 9.17) is 9.31 Å². The van der Waals surface area contributed by atoms with Crippen molar-refractivity contribution < 1.29 is 22.5 Å². The van der Waals surface area contributed by atoms with E-state index < -0.39 is 30.1 Å². The van der Waals surface area contributed by atoms with Gasteiger partial charge in [0.2, 0.25) is 0 Å². The molecular formula is C21H22BF3O2. The number of rotatable bonds is 3. The van der Waals surface area contributed by atoms with E-state index in [0.29, 0.717) is 5.56 Å². The van der Waals surface area contributed by atoms with Gasteiger partial charge in [0.25, 0.3) is 0 Å².